The summed E-state index contributed by atoms with van der Waals surface area (Å²) in [6.07, 6.45) is 3.94. The van der Waals surface area contributed by atoms with Crippen molar-refractivity contribution < 1.29 is 17.9 Å². The molecule has 6 nitrogen and oxygen atoms in total. The fourth-order valence-electron chi connectivity index (χ4n) is 2.73. The van der Waals surface area contributed by atoms with E-state index in [1.807, 2.05) is 0 Å². The first-order valence-electron chi connectivity index (χ1n) is 8.39. The SMILES string of the molecule is COCCCNC(=O)Cc1ccc(S(=O)(=O)N2CCCCC2)cc1. The van der Waals surface area contributed by atoms with E-state index in [1.54, 1.807) is 35.7 Å². The zero-order valence-electron chi connectivity index (χ0n) is 14.2. The van der Waals surface area contributed by atoms with Gasteiger partial charge in [-0.1, -0.05) is 18.6 Å². The normalized spacial score (nSPS) is 16.0. The van der Waals surface area contributed by atoms with E-state index in [9.17, 15) is 13.2 Å². The number of hydrogen-bond donors (Lipinski definition) is 1. The number of ether oxygens (including phenoxy) is 1. The second kappa shape index (κ2) is 9.15. The van der Waals surface area contributed by atoms with Crippen LogP contribution in [0.5, 0.6) is 0 Å². The van der Waals surface area contributed by atoms with Crippen molar-refractivity contribution in [1.82, 2.24) is 9.62 Å². The first-order valence-corrected chi connectivity index (χ1v) is 9.83. The summed E-state index contributed by atoms with van der Waals surface area (Å²) in [5.74, 6) is -0.0715. The molecule has 0 spiro atoms. The number of methoxy groups -OCH3 is 1. The van der Waals surface area contributed by atoms with E-state index in [-0.39, 0.29) is 12.3 Å². The molecule has 0 radical (unpaired) electrons. The van der Waals surface area contributed by atoms with Gasteiger partial charge in [-0.25, -0.2) is 8.42 Å². The van der Waals surface area contributed by atoms with Gasteiger partial charge in [-0.2, -0.15) is 4.31 Å². The quantitative estimate of drug-likeness (QED) is 0.719. The van der Waals surface area contributed by atoms with Crippen LogP contribution >= 0.6 is 0 Å². The third-order valence-electron chi connectivity index (χ3n) is 4.09. The van der Waals surface area contributed by atoms with E-state index in [4.69, 9.17) is 4.74 Å². The minimum absolute atomic E-state index is 0.0715. The molecule has 0 unspecified atom stereocenters. The van der Waals surface area contributed by atoms with Crippen LogP contribution in [0, 0.1) is 0 Å². The Balaban J connectivity index is 1.91. The number of benzene rings is 1. The number of hydrogen-bond acceptors (Lipinski definition) is 4. The van der Waals surface area contributed by atoms with Gasteiger partial charge in [0.1, 0.15) is 0 Å². The molecule has 24 heavy (non-hydrogen) atoms. The second-order valence-corrected chi connectivity index (χ2v) is 7.92. The minimum Gasteiger partial charge on any atom is -0.385 e. The molecular weight excluding hydrogens is 328 g/mol. The standard InChI is InChI=1S/C17H26N2O4S/c1-23-13-5-10-18-17(20)14-15-6-8-16(9-7-15)24(21,22)19-11-3-2-4-12-19/h6-9H,2-5,10-14H2,1H3,(H,18,20). The Labute approximate surface area is 144 Å². The minimum atomic E-state index is -3.41. The number of amides is 1. The third-order valence-corrected chi connectivity index (χ3v) is 6.00. The molecule has 7 heteroatoms. The molecule has 1 aliphatic heterocycles. The van der Waals surface area contributed by atoms with Crippen LogP contribution in [0.1, 0.15) is 31.2 Å². The van der Waals surface area contributed by atoms with E-state index >= 15 is 0 Å². The Morgan fingerprint density at radius 2 is 1.83 bits per heavy atom. The van der Waals surface area contributed by atoms with Crippen molar-refractivity contribution in [3.63, 3.8) is 0 Å². The Morgan fingerprint density at radius 1 is 1.17 bits per heavy atom. The summed E-state index contributed by atoms with van der Waals surface area (Å²) in [6, 6.07) is 6.62. The molecule has 1 aromatic rings. The van der Waals surface area contributed by atoms with Gasteiger partial charge in [0.2, 0.25) is 15.9 Å². The van der Waals surface area contributed by atoms with Gasteiger partial charge >= 0.3 is 0 Å². The summed E-state index contributed by atoms with van der Waals surface area (Å²) >= 11 is 0. The van der Waals surface area contributed by atoms with E-state index in [0.29, 0.717) is 31.1 Å². The van der Waals surface area contributed by atoms with E-state index in [1.165, 1.54) is 0 Å². The topological polar surface area (TPSA) is 75.7 Å². The van der Waals surface area contributed by atoms with Crippen LogP contribution in [0.25, 0.3) is 0 Å². The lowest BCUT2D eigenvalue weighted by atomic mass is 10.1. The third kappa shape index (κ3) is 5.29. The van der Waals surface area contributed by atoms with Crippen LogP contribution in [0.4, 0.5) is 0 Å². The lowest BCUT2D eigenvalue weighted by Gasteiger charge is -2.25. The molecule has 1 fully saturated rings. The van der Waals surface area contributed by atoms with Gasteiger partial charge in [-0.3, -0.25) is 4.79 Å². The van der Waals surface area contributed by atoms with Gasteiger partial charge in [0.05, 0.1) is 11.3 Å². The Bertz CT molecular complexity index is 622. The highest BCUT2D eigenvalue weighted by atomic mass is 32.2. The molecule has 2 rings (SSSR count). The number of rotatable bonds is 8. The highest BCUT2D eigenvalue weighted by Crippen LogP contribution is 2.20. The highest BCUT2D eigenvalue weighted by Gasteiger charge is 2.25. The molecule has 0 aromatic heterocycles. The van der Waals surface area contributed by atoms with Crippen molar-refractivity contribution in [3.05, 3.63) is 29.8 Å². The maximum Gasteiger partial charge on any atom is 0.243 e. The first kappa shape index (κ1) is 18.9. The Morgan fingerprint density at radius 3 is 2.46 bits per heavy atom. The molecule has 1 aromatic carbocycles. The van der Waals surface area contributed by atoms with Crippen LogP contribution in [-0.2, 0) is 26.0 Å². The maximum atomic E-state index is 12.6. The Hall–Kier alpha value is -1.44. The van der Waals surface area contributed by atoms with Crippen molar-refractivity contribution >= 4 is 15.9 Å². The van der Waals surface area contributed by atoms with E-state index in [2.05, 4.69) is 5.32 Å². The maximum absolute atomic E-state index is 12.6. The number of carbonyl (C=O) groups excluding carboxylic acids is 1. The smallest absolute Gasteiger partial charge is 0.243 e. The highest BCUT2D eigenvalue weighted by molar-refractivity contribution is 7.89. The molecule has 0 bridgehead atoms. The average molecular weight is 354 g/mol. The molecule has 1 N–H and O–H groups in total. The molecule has 1 heterocycles. The predicted molar refractivity (Wildman–Crippen MR) is 92.3 cm³/mol. The van der Waals surface area contributed by atoms with Crippen molar-refractivity contribution in [1.29, 1.82) is 0 Å². The van der Waals surface area contributed by atoms with Crippen molar-refractivity contribution in [2.45, 2.75) is 37.0 Å². The molecule has 0 atom stereocenters. The molecule has 1 amide bonds. The zero-order chi connectivity index (χ0) is 17.4. The number of sulfonamides is 1. The molecule has 1 aliphatic rings. The van der Waals surface area contributed by atoms with Crippen LogP contribution < -0.4 is 5.32 Å². The monoisotopic (exact) mass is 354 g/mol. The van der Waals surface area contributed by atoms with Crippen molar-refractivity contribution in [3.8, 4) is 0 Å². The lowest BCUT2D eigenvalue weighted by Crippen LogP contribution is -2.35. The summed E-state index contributed by atoms with van der Waals surface area (Å²) in [7, 11) is -1.78. The fraction of sp³-hybridized carbons (Fsp3) is 0.588. The lowest BCUT2D eigenvalue weighted by molar-refractivity contribution is -0.120. The molecule has 1 saturated heterocycles. The summed E-state index contributed by atoms with van der Waals surface area (Å²) in [4.78, 5) is 12.1. The fourth-order valence-corrected chi connectivity index (χ4v) is 4.24. The van der Waals surface area contributed by atoms with E-state index in [0.717, 1.165) is 31.2 Å². The van der Waals surface area contributed by atoms with Crippen LogP contribution in [-0.4, -0.2) is 52.0 Å². The summed E-state index contributed by atoms with van der Waals surface area (Å²) < 4.78 is 31.6. The summed E-state index contributed by atoms with van der Waals surface area (Å²) in [6.45, 7) is 2.37. The molecular formula is C17H26N2O4S. The van der Waals surface area contributed by atoms with Crippen LogP contribution in [0.15, 0.2) is 29.2 Å². The number of nitrogens with one attached hydrogen (secondary N) is 1. The van der Waals surface area contributed by atoms with Crippen molar-refractivity contribution in [2.75, 3.05) is 33.4 Å². The van der Waals surface area contributed by atoms with Gasteiger partial charge in [-0.05, 0) is 37.0 Å². The first-order chi connectivity index (χ1) is 11.5. The van der Waals surface area contributed by atoms with Crippen LogP contribution in [0.3, 0.4) is 0 Å². The second-order valence-electron chi connectivity index (χ2n) is 5.98. The molecule has 134 valence electrons. The largest absolute Gasteiger partial charge is 0.385 e. The number of carbonyl (C=O) groups is 1. The van der Waals surface area contributed by atoms with Gasteiger partial charge in [0.25, 0.3) is 0 Å². The van der Waals surface area contributed by atoms with Gasteiger partial charge in [0, 0.05) is 33.4 Å². The molecule has 0 aliphatic carbocycles. The van der Waals surface area contributed by atoms with Crippen LogP contribution in [0.2, 0.25) is 0 Å². The van der Waals surface area contributed by atoms with E-state index < -0.39 is 10.0 Å². The van der Waals surface area contributed by atoms with Gasteiger partial charge in [-0.15, -0.1) is 0 Å². The van der Waals surface area contributed by atoms with Gasteiger partial charge in [0.15, 0.2) is 0 Å². The summed E-state index contributed by atoms with van der Waals surface area (Å²) in [5.41, 5.74) is 0.803. The van der Waals surface area contributed by atoms with Crippen molar-refractivity contribution in [2.24, 2.45) is 0 Å². The summed E-state index contributed by atoms with van der Waals surface area (Å²) in [5, 5.41) is 2.82. The molecule has 0 saturated carbocycles. The number of piperidine rings is 1. The zero-order valence-corrected chi connectivity index (χ0v) is 15.0. The Kier molecular flexibility index (Phi) is 7.20. The number of nitrogens with zero attached hydrogens (tertiary/aromatic N) is 1. The predicted octanol–water partition coefficient (Wildman–Crippen LogP) is 1.56. The average Bonchev–Trinajstić information content (AvgIpc) is 2.60. The van der Waals surface area contributed by atoms with Gasteiger partial charge < -0.3 is 10.1 Å².